The van der Waals surface area contributed by atoms with E-state index in [1.54, 1.807) is 0 Å². The smallest absolute Gasteiger partial charge is 0.322 e. The van der Waals surface area contributed by atoms with E-state index in [1.165, 1.54) is 14.1 Å². The van der Waals surface area contributed by atoms with Crippen LogP contribution >= 0.6 is 12.6 Å². The minimum Gasteiger partial charge on any atom is -0.480 e. The van der Waals surface area contributed by atoms with Gasteiger partial charge in [0.05, 0.1) is 0 Å². The van der Waals surface area contributed by atoms with Crippen molar-refractivity contribution in [3.8, 4) is 0 Å². The van der Waals surface area contributed by atoms with Gasteiger partial charge in [0.25, 0.3) is 10.2 Å². The monoisotopic (exact) mass is 228 g/mol. The van der Waals surface area contributed by atoms with E-state index in [-0.39, 0.29) is 5.75 Å². The van der Waals surface area contributed by atoms with Crippen molar-refractivity contribution in [3.05, 3.63) is 0 Å². The van der Waals surface area contributed by atoms with E-state index in [4.69, 9.17) is 5.11 Å². The van der Waals surface area contributed by atoms with Crippen molar-refractivity contribution in [3.63, 3.8) is 0 Å². The fourth-order valence-electron chi connectivity index (χ4n) is 0.451. The Labute approximate surface area is 82.5 Å². The highest BCUT2D eigenvalue weighted by Crippen LogP contribution is 1.95. The lowest BCUT2D eigenvalue weighted by Crippen LogP contribution is -2.46. The molecule has 0 aliphatic heterocycles. The molecule has 0 spiro atoms. The Balaban J connectivity index is 4.50. The molecule has 2 N–H and O–H groups in total. The second-order valence-corrected chi connectivity index (χ2v) is 4.76. The summed E-state index contributed by atoms with van der Waals surface area (Å²) in [5.74, 6) is -1.34. The normalized spacial score (nSPS) is 14.5. The molecule has 0 aliphatic carbocycles. The van der Waals surface area contributed by atoms with Gasteiger partial charge in [0.15, 0.2) is 0 Å². The van der Waals surface area contributed by atoms with Gasteiger partial charge in [-0.2, -0.15) is 30.1 Å². The summed E-state index contributed by atoms with van der Waals surface area (Å²) in [4.78, 5) is 10.4. The molecule has 0 saturated carbocycles. The number of thiol groups is 1. The van der Waals surface area contributed by atoms with E-state index < -0.39 is 22.2 Å². The van der Waals surface area contributed by atoms with Gasteiger partial charge in [-0.1, -0.05) is 0 Å². The Bertz CT molecular complexity index is 274. The van der Waals surface area contributed by atoms with E-state index in [1.807, 2.05) is 4.72 Å². The number of hydrogen-bond donors (Lipinski definition) is 3. The molecular weight excluding hydrogens is 216 g/mol. The van der Waals surface area contributed by atoms with Crippen LogP contribution in [0, 0.1) is 0 Å². The van der Waals surface area contributed by atoms with Crippen molar-refractivity contribution < 1.29 is 18.3 Å². The van der Waals surface area contributed by atoms with Gasteiger partial charge in [0.2, 0.25) is 0 Å². The number of hydrogen-bond acceptors (Lipinski definition) is 4. The largest absolute Gasteiger partial charge is 0.480 e. The maximum Gasteiger partial charge on any atom is 0.322 e. The molecule has 0 saturated heterocycles. The number of carboxylic acids is 1. The summed E-state index contributed by atoms with van der Waals surface area (Å²) < 4.78 is 25.1. The molecule has 0 aromatic rings. The van der Waals surface area contributed by atoms with E-state index in [9.17, 15) is 13.2 Å². The molecule has 0 aliphatic rings. The standard InChI is InChI=1S/C5H12N2O4S2/c1-7(2)13(10,11)6-4(3-12)5(8)9/h4,6,12H,3H2,1-2H3,(H,8,9). The van der Waals surface area contributed by atoms with E-state index in [0.717, 1.165) is 4.31 Å². The van der Waals surface area contributed by atoms with Gasteiger partial charge in [-0.05, 0) is 0 Å². The summed E-state index contributed by atoms with van der Waals surface area (Å²) in [7, 11) is -1.09. The minimum absolute atomic E-state index is 0.0948. The number of nitrogens with one attached hydrogen (secondary N) is 1. The minimum atomic E-state index is -3.70. The predicted octanol–water partition coefficient (Wildman–Crippen LogP) is -1.23. The predicted molar refractivity (Wildman–Crippen MR) is 51.0 cm³/mol. The molecule has 0 aromatic heterocycles. The molecule has 1 atom stereocenters. The maximum absolute atomic E-state index is 11.1. The summed E-state index contributed by atoms with van der Waals surface area (Å²) in [5.41, 5.74) is 0. The lowest BCUT2D eigenvalue weighted by Gasteiger charge is -2.16. The van der Waals surface area contributed by atoms with Crippen molar-refractivity contribution in [1.82, 2.24) is 9.03 Å². The molecule has 0 amide bonds. The van der Waals surface area contributed by atoms with Gasteiger partial charge in [0.1, 0.15) is 6.04 Å². The Kier molecular flexibility index (Phi) is 4.68. The highest BCUT2D eigenvalue weighted by atomic mass is 32.2. The maximum atomic E-state index is 11.1. The number of rotatable bonds is 5. The Morgan fingerprint density at radius 3 is 2.31 bits per heavy atom. The third kappa shape index (κ3) is 3.94. The molecule has 78 valence electrons. The third-order valence-corrected chi connectivity index (χ3v) is 3.16. The first-order valence-corrected chi connectivity index (χ1v) is 5.42. The first kappa shape index (κ1) is 12.7. The number of aliphatic carboxylic acids is 1. The van der Waals surface area contributed by atoms with Crippen molar-refractivity contribution in [2.24, 2.45) is 0 Å². The zero-order chi connectivity index (χ0) is 10.6. The van der Waals surface area contributed by atoms with Crippen LogP contribution in [-0.4, -0.2) is 49.7 Å². The van der Waals surface area contributed by atoms with Crippen LogP contribution in [0.3, 0.4) is 0 Å². The zero-order valence-electron chi connectivity index (χ0n) is 7.26. The zero-order valence-corrected chi connectivity index (χ0v) is 8.97. The second kappa shape index (κ2) is 4.80. The number of carboxylic acid groups (broad SMARTS) is 1. The lowest BCUT2D eigenvalue weighted by atomic mass is 10.4. The molecule has 0 bridgehead atoms. The first-order valence-electron chi connectivity index (χ1n) is 3.34. The van der Waals surface area contributed by atoms with E-state index in [2.05, 4.69) is 12.6 Å². The highest BCUT2D eigenvalue weighted by molar-refractivity contribution is 7.87. The highest BCUT2D eigenvalue weighted by Gasteiger charge is 2.23. The van der Waals surface area contributed by atoms with E-state index >= 15 is 0 Å². The summed E-state index contributed by atoms with van der Waals surface area (Å²) in [5, 5.41) is 8.52. The van der Waals surface area contributed by atoms with Gasteiger partial charge in [0, 0.05) is 19.8 Å². The second-order valence-electron chi connectivity index (χ2n) is 2.48. The average Bonchev–Trinajstić information content (AvgIpc) is 1.99. The molecule has 0 fully saturated rings. The van der Waals surface area contributed by atoms with Crippen molar-refractivity contribution >= 4 is 28.8 Å². The van der Waals surface area contributed by atoms with Crippen molar-refractivity contribution in [2.75, 3.05) is 19.8 Å². The van der Waals surface area contributed by atoms with Crippen LogP contribution in [0.5, 0.6) is 0 Å². The fourth-order valence-corrected chi connectivity index (χ4v) is 1.58. The Morgan fingerprint density at radius 2 is 2.08 bits per heavy atom. The molecule has 1 unspecified atom stereocenters. The summed E-state index contributed by atoms with van der Waals surface area (Å²) in [6.45, 7) is 0. The fraction of sp³-hybridized carbons (Fsp3) is 0.800. The van der Waals surface area contributed by atoms with Crippen LogP contribution in [-0.2, 0) is 15.0 Å². The quantitative estimate of drug-likeness (QED) is 0.514. The van der Waals surface area contributed by atoms with Crippen LogP contribution in [0.4, 0.5) is 0 Å². The van der Waals surface area contributed by atoms with Crippen molar-refractivity contribution in [2.45, 2.75) is 6.04 Å². The molecule has 13 heavy (non-hydrogen) atoms. The first-order chi connectivity index (χ1) is 5.81. The topological polar surface area (TPSA) is 86.7 Å². The molecule has 0 aromatic carbocycles. The van der Waals surface area contributed by atoms with Crippen LogP contribution in [0.25, 0.3) is 0 Å². The number of nitrogens with zero attached hydrogens (tertiary/aromatic N) is 1. The molecule has 0 rings (SSSR count). The Morgan fingerprint density at radius 1 is 1.62 bits per heavy atom. The van der Waals surface area contributed by atoms with Crippen LogP contribution < -0.4 is 4.72 Å². The van der Waals surface area contributed by atoms with Crippen LogP contribution in [0.2, 0.25) is 0 Å². The summed E-state index contributed by atoms with van der Waals surface area (Å²) in [6, 6.07) is -1.20. The summed E-state index contributed by atoms with van der Waals surface area (Å²) >= 11 is 3.71. The van der Waals surface area contributed by atoms with Crippen LogP contribution in [0.15, 0.2) is 0 Å². The molecule has 0 radical (unpaired) electrons. The Hall–Kier alpha value is -0.310. The van der Waals surface area contributed by atoms with Gasteiger partial charge in [-0.15, -0.1) is 0 Å². The molecule has 6 nitrogen and oxygen atoms in total. The third-order valence-electron chi connectivity index (χ3n) is 1.25. The van der Waals surface area contributed by atoms with Gasteiger partial charge < -0.3 is 5.11 Å². The summed E-state index contributed by atoms with van der Waals surface area (Å²) in [6.07, 6.45) is 0. The molecule has 0 heterocycles. The van der Waals surface area contributed by atoms with Crippen molar-refractivity contribution in [1.29, 1.82) is 0 Å². The van der Waals surface area contributed by atoms with Gasteiger partial charge >= 0.3 is 5.97 Å². The molecule has 8 heteroatoms. The van der Waals surface area contributed by atoms with E-state index in [0.29, 0.717) is 0 Å². The van der Waals surface area contributed by atoms with Gasteiger partial charge in [-0.3, -0.25) is 4.79 Å². The molecular formula is C5H12N2O4S2. The lowest BCUT2D eigenvalue weighted by molar-refractivity contribution is -0.138. The number of carbonyl (C=O) groups is 1. The average molecular weight is 228 g/mol. The van der Waals surface area contributed by atoms with Crippen LogP contribution in [0.1, 0.15) is 0 Å². The SMILES string of the molecule is CN(C)S(=O)(=O)NC(CS)C(=O)O. The van der Waals surface area contributed by atoms with Gasteiger partial charge in [-0.25, -0.2) is 0 Å².